The van der Waals surface area contributed by atoms with Crippen molar-refractivity contribution in [1.29, 1.82) is 0 Å². The Morgan fingerprint density at radius 1 is 1.29 bits per heavy atom. The van der Waals surface area contributed by atoms with Gasteiger partial charge in [0.1, 0.15) is 0 Å². The number of carbonyl (C=O) groups excluding carboxylic acids is 1. The third kappa shape index (κ3) is 2.75. The largest absolute Gasteiger partial charge is 0.312 e. The van der Waals surface area contributed by atoms with Gasteiger partial charge in [-0.3, -0.25) is 10.2 Å². The number of aryl methyl sites for hydroxylation is 1. The van der Waals surface area contributed by atoms with Crippen LogP contribution >= 0.6 is 23.2 Å². The second-order valence-electron chi connectivity index (χ2n) is 5.41. The molecule has 124 valence electrons. The predicted molar refractivity (Wildman–Crippen MR) is 93.9 cm³/mol. The molecule has 24 heavy (non-hydrogen) atoms. The van der Waals surface area contributed by atoms with E-state index in [9.17, 15) is 9.18 Å². The van der Waals surface area contributed by atoms with Crippen LogP contribution in [-0.2, 0) is 6.54 Å². The van der Waals surface area contributed by atoms with Gasteiger partial charge in [-0.1, -0.05) is 41.4 Å². The van der Waals surface area contributed by atoms with E-state index in [0.717, 1.165) is 0 Å². The molecule has 4 nitrogen and oxygen atoms in total. The summed E-state index contributed by atoms with van der Waals surface area (Å²) in [4.78, 5) is 12.0. The quantitative estimate of drug-likeness (QED) is 0.417. The summed E-state index contributed by atoms with van der Waals surface area (Å²) in [6.45, 7) is 1.84. The van der Waals surface area contributed by atoms with E-state index in [-0.39, 0.29) is 6.54 Å². The number of amides is 1. The lowest BCUT2D eigenvalue weighted by Gasteiger charge is -2.11. The van der Waals surface area contributed by atoms with Crippen molar-refractivity contribution in [3.8, 4) is 0 Å². The number of nitrogen functional groups attached to an aromatic ring is 1. The fourth-order valence-electron chi connectivity index (χ4n) is 2.78. The summed E-state index contributed by atoms with van der Waals surface area (Å²) in [5.41, 5.74) is 4.02. The number of fused-ring (bicyclic) bond motifs is 1. The van der Waals surface area contributed by atoms with Crippen molar-refractivity contribution in [3.63, 3.8) is 0 Å². The van der Waals surface area contributed by atoms with Gasteiger partial charge in [-0.2, -0.15) is 4.39 Å². The fraction of sp³-hybridized carbons (Fsp3) is 0.118. The molecule has 2 aromatic carbocycles. The van der Waals surface area contributed by atoms with Gasteiger partial charge in [0.15, 0.2) is 5.95 Å². The number of halogens is 3. The maximum Gasteiger partial charge on any atom is 0.267 e. The zero-order chi connectivity index (χ0) is 17.4. The molecule has 1 aromatic heterocycles. The van der Waals surface area contributed by atoms with E-state index >= 15 is 0 Å². The second kappa shape index (κ2) is 6.43. The number of nitrogens with two attached hydrogens (primary N) is 1. The van der Waals surface area contributed by atoms with Crippen LogP contribution in [0.25, 0.3) is 10.9 Å². The molecule has 0 saturated carbocycles. The van der Waals surface area contributed by atoms with Crippen molar-refractivity contribution in [2.75, 3.05) is 0 Å². The monoisotopic (exact) mass is 365 g/mol. The molecule has 0 radical (unpaired) electrons. The highest BCUT2D eigenvalue weighted by Gasteiger charge is 2.20. The number of hydrazine groups is 1. The first kappa shape index (κ1) is 16.8. The van der Waals surface area contributed by atoms with Crippen LogP contribution in [0.15, 0.2) is 36.4 Å². The number of hydrogen-bond acceptors (Lipinski definition) is 2. The van der Waals surface area contributed by atoms with E-state index in [0.29, 0.717) is 37.6 Å². The summed E-state index contributed by atoms with van der Waals surface area (Å²) < 4.78 is 16.2. The molecule has 7 heteroatoms. The Morgan fingerprint density at radius 3 is 2.71 bits per heavy atom. The summed E-state index contributed by atoms with van der Waals surface area (Å²) in [5.74, 6) is 4.34. The topological polar surface area (TPSA) is 60.0 Å². The minimum atomic E-state index is -0.485. The van der Waals surface area contributed by atoms with Crippen molar-refractivity contribution in [1.82, 2.24) is 9.99 Å². The van der Waals surface area contributed by atoms with Gasteiger partial charge in [-0.15, -0.1) is 0 Å². The molecule has 0 spiro atoms. The van der Waals surface area contributed by atoms with Crippen molar-refractivity contribution >= 4 is 40.0 Å². The van der Waals surface area contributed by atoms with Crippen LogP contribution in [0.1, 0.15) is 21.5 Å². The smallest absolute Gasteiger partial charge is 0.267 e. The minimum Gasteiger partial charge on any atom is -0.312 e. The third-order valence-electron chi connectivity index (χ3n) is 3.98. The highest BCUT2D eigenvalue weighted by Crippen LogP contribution is 2.30. The SMILES string of the molecule is Cc1c(F)n(Cc2ccc(Cl)cc2Cl)c2c(C(=O)NN)cccc12. The van der Waals surface area contributed by atoms with E-state index in [4.69, 9.17) is 29.0 Å². The number of aromatic nitrogens is 1. The van der Waals surface area contributed by atoms with Crippen molar-refractivity contribution < 1.29 is 9.18 Å². The van der Waals surface area contributed by atoms with Crippen molar-refractivity contribution in [3.05, 3.63) is 69.1 Å². The first-order valence-electron chi connectivity index (χ1n) is 7.16. The van der Waals surface area contributed by atoms with Gasteiger partial charge in [-0.05, 0) is 30.7 Å². The van der Waals surface area contributed by atoms with Gasteiger partial charge in [0.25, 0.3) is 5.91 Å². The summed E-state index contributed by atoms with van der Waals surface area (Å²) in [5, 5.41) is 1.59. The fourth-order valence-corrected chi connectivity index (χ4v) is 3.25. The number of hydrogen-bond donors (Lipinski definition) is 2. The first-order chi connectivity index (χ1) is 11.4. The lowest BCUT2D eigenvalue weighted by atomic mass is 10.1. The molecule has 3 aromatic rings. The van der Waals surface area contributed by atoms with Crippen LogP contribution in [0.3, 0.4) is 0 Å². The van der Waals surface area contributed by atoms with E-state index in [2.05, 4.69) is 5.43 Å². The lowest BCUT2D eigenvalue weighted by Crippen LogP contribution is -2.30. The first-order valence-corrected chi connectivity index (χ1v) is 7.91. The van der Waals surface area contributed by atoms with Crippen molar-refractivity contribution in [2.45, 2.75) is 13.5 Å². The summed E-state index contributed by atoms with van der Waals surface area (Å²) in [6, 6.07) is 10.1. The van der Waals surface area contributed by atoms with E-state index < -0.39 is 11.9 Å². The summed E-state index contributed by atoms with van der Waals surface area (Å²) in [6.07, 6.45) is 0. The van der Waals surface area contributed by atoms with E-state index in [1.54, 1.807) is 43.3 Å². The van der Waals surface area contributed by atoms with Gasteiger partial charge in [0.2, 0.25) is 0 Å². The van der Waals surface area contributed by atoms with Crippen molar-refractivity contribution in [2.24, 2.45) is 5.84 Å². The van der Waals surface area contributed by atoms with E-state index in [1.807, 2.05) is 0 Å². The van der Waals surface area contributed by atoms with Gasteiger partial charge in [0.05, 0.1) is 17.6 Å². The number of benzene rings is 2. The molecule has 3 rings (SSSR count). The van der Waals surface area contributed by atoms with Crippen LogP contribution in [-0.4, -0.2) is 10.5 Å². The number of rotatable bonds is 3. The molecule has 0 atom stereocenters. The van der Waals surface area contributed by atoms with E-state index in [1.165, 1.54) is 4.57 Å². The summed E-state index contributed by atoms with van der Waals surface area (Å²) >= 11 is 12.1. The maximum absolute atomic E-state index is 14.8. The molecule has 0 aliphatic heterocycles. The van der Waals surface area contributed by atoms with Gasteiger partial charge >= 0.3 is 0 Å². The molecule has 1 amide bonds. The average molecular weight is 366 g/mol. The molecule has 0 fully saturated rings. The normalized spacial score (nSPS) is 11.0. The Kier molecular flexibility index (Phi) is 4.49. The van der Waals surface area contributed by atoms with Crippen LogP contribution in [0.2, 0.25) is 10.0 Å². The van der Waals surface area contributed by atoms with Crippen LogP contribution in [0.5, 0.6) is 0 Å². The zero-order valence-corrected chi connectivity index (χ0v) is 14.2. The highest BCUT2D eigenvalue weighted by molar-refractivity contribution is 6.35. The predicted octanol–water partition coefficient (Wildman–Crippen LogP) is 4.05. The number of nitrogens with one attached hydrogen (secondary N) is 1. The Balaban J connectivity index is 2.23. The molecular weight excluding hydrogens is 352 g/mol. The van der Waals surface area contributed by atoms with Crippen LogP contribution < -0.4 is 11.3 Å². The Morgan fingerprint density at radius 2 is 2.04 bits per heavy atom. The molecule has 0 aliphatic carbocycles. The number of nitrogens with zero attached hydrogens (tertiary/aromatic N) is 1. The van der Waals surface area contributed by atoms with Crippen LogP contribution in [0.4, 0.5) is 4.39 Å². The standard InChI is InChI=1S/C17H14Cl2FN3O/c1-9-12-3-2-4-13(17(24)22-21)15(12)23(16(9)20)8-10-5-6-11(18)7-14(10)19/h2-7H,8,21H2,1H3,(H,22,24). The van der Waals surface area contributed by atoms with Gasteiger partial charge < -0.3 is 4.57 Å². The highest BCUT2D eigenvalue weighted by atomic mass is 35.5. The molecule has 1 heterocycles. The maximum atomic E-state index is 14.8. The Bertz CT molecular complexity index is 953. The average Bonchev–Trinajstić information content (AvgIpc) is 2.81. The second-order valence-corrected chi connectivity index (χ2v) is 6.26. The van der Waals surface area contributed by atoms with Gasteiger partial charge in [0, 0.05) is 21.0 Å². The lowest BCUT2D eigenvalue weighted by molar-refractivity contribution is 0.0955. The Labute approximate surface area is 147 Å². The number of para-hydroxylation sites is 1. The molecule has 3 N–H and O–H groups in total. The van der Waals surface area contributed by atoms with Crippen LogP contribution in [0, 0.1) is 12.9 Å². The number of carbonyl (C=O) groups is 1. The molecule has 0 saturated heterocycles. The molecule has 0 unspecified atom stereocenters. The van der Waals surface area contributed by atoms with Gasteiger partial charge in [-0.25, -0.2) is 5.84 Å². The summed E-state index contributed by atoms with van der Waals surface area (Å²) in [7, 11) is 0. The minimum absolute atomic E-state index is 0.168. The zero-order valence-electron chi connectivity index (χ0n) is 12.7. The Hall–Kier alpha value is -2.08. The molecule has 0 aliphatic rings. The molecule has 0 bridgehead atoms. The third-order valence-corrected chi connectivity index (χ3v) is 4.56. The molecular formula is C17H14Cl2FN3O.